The van der Waals surface area contributed by atoms with Crippen molar-refractivity contribution in [3.05, 3.63) is 81.9 Å². The first-order valence-electron chi connectivity index (χ1n) is 8.91. The van der Waals surface area contributed by atoms with Crippen molar-refractivity contribution < 1.29 is 13.7 Å². The third-order valence-corrected chi connectivity index (χ3v) is 4.71. The highest BCUT2D eigenvalue weighted by atomic mass is 35.5. The van der Waals surface area contributed by atoms with Gasteiger partial charge in [-0.05, 0) is 25.5 Å². The lowest BCUT2D eigenvalue weighted by atomic mass is 10.1. The minimum absolute atomic E-state index is 0.00261. The van der Waals surface area contributed by atoms with Crippen molar-refractivity contribution in [3.8, 4) is 11.3 Å². The van der Waals surface area contributed by atoms with E-state index >= 15 is 0 Å². The summed E-state index contributed by atoms with van der Waals surface area (Å²) in [5.74, 6) is 0.290. The van der Waals surface area contributed by atoms with Crippen molar-refractivity contribution in [2.45, 2.75) is 20.3 Å². The van der Waals surface area contributed by atoms with E-state index < -0.39 is 5.91 Å². The minimum Gasteiger partial charge on any atom is -0.407 e. The van der Waals surface area contributed by atoms with Gasteiger partial charge in [0.1, 0.15) is 17.0 Å². The van der Waals surface area contributed by atoms with Crippen molar-refractivity contribution in [1.82, 2.24) is 15.4 Å². The molecule has 7 nitrogen and oxygen atoms in total. The molecule has 0 atom stereocenters. The molecule has 2 aromatic carbocycles. The maximum absolute atomic E-state index is 12.8. The van der Waals surface area contributed by atoms with E-state index in [1.165, 1.54) is 5.56 Å². The molecule has 4 aromatic rings. The Morgan fingerprint density at radius 3 is 2.59 bits per heavy atom. The first-order chi connectivity index (χ1) is 14.0. The Morgan fingerprint density at radius 1 is 1.07 bits per heavy atom. The average Bonchev–Trinajstić information content (AvgIpc) is 3.30. The molecular formula is C21H17ClN4O3. The molecule has 0 fully saturated rings. The summed E-state index contributed by atoms with van der Waals surface area (Å²) in [6.07, 6.45) is 0.473. The molecule has 2 aromatic heterocycles. The zero-order valence-corrected chi connectivity index (χ0v) is 16.5. The van der Waals surface area contributed by atoms with Crippen LogP contribution >= 0.6 is 11.6 Å². The third kappa shape index (κ3) is 4.05. The van der Waals surface area contributed by atoms with Gasteiger partial charge in [-0.15, -0.1) is 5.10 Å². The molecule has 0 radical (unpaired) electrons. The highest BCUT2D eigenvalue weighted by Gasteiger charge is 2.24. The summed E-state index contributed by atoms with van der Waals surface area (Å²) in [5.41, 5.74) is 3.42. The fourth-order valence-electron chi connectivity index (χ4n) is 2.89. The molecule has 0 aliphatic carbocycles. The lowest BCUT2D eigenvalue weighted by Gasteiger charge is -2.04. The van der Waals surface area contributed by atoms with E-state index in [2.05, 4.69) is 20.7 Å². The largest absolute Gasteiger partial charge is 0.407 e. The van der Waals surface area contributed by atoms with Crippen LogP contribution in [0.5, 0.6) is 0 Å². The number of hydrogen-bond acceptors (Lipinski definition) is 6. The lowest BCUT2D eigenvalue weighted by Crippen LogP contribution is -2.13. The van der Waals surface area contributed by atoms with Gasteiger partial charge in [0.15, 0.2) is 0 Å². The van der Waals surface area contributed by atoms with E-state index in [1.54, 1.807) is 25.1 Å². The Hall–Kier alpha value is -3.45. The van der Waals surface area contributed by atoms with E-state index in [0.29, 0.717) is 34.4 Å². The first-order valence-corrected chi connectivity index (χ1v) is 9.29. The zero-order valence-electron chi connectivity index (χ0n) is 15.8. The number of amides is 1. The lowest BCUT2D eigenvalue weighted by molar-refractivity contribution is 0.102. The van der Waals surface area contributed by atoms with Gasteiger partial charge >= 0.3 is 6.01 Å². The first kappa shape index (κ1) is 18.9. The van der Waals surface area contributed by atoms with Crippen molar-refractivity contribution in [2.24, 2.45) is 0 Å². The molecule has 29 heavy (non-hydrogen) atoms. The number of nitrogens with zero attached hydrogens (tertiary/aromatic N) is 3. The molecule has 0 unspecified atom stereocenters. The molecule has 0 aliphatic rings. The summed E-state index contributed by atoms with van der Waals surface area (Å²) < 4.78 is 10.8. The average molecular weight is 409 g/mol. The molecule has 0 saturated heterocycles. The van der Waals surface area contributed by atoms with Crippen LogP contribution in [0.4, 0.5) is 6.01 Å². The van der Waals surface area contributed by atoms with Gasteiger partial charge in [-0.25, -0.2) is 0 Å². The number of nitrogens with one attached hydrogen (secondary N) is 1. The van der Waals surface area contributed by atoms with Gasteiger partial charge in [0.05, 0.1) is 11.4 Å². The highest BCUT2D eigenvalue weighted by Crippen LogP contribution is 2.31. The van der Waals surface area contributed by atoms with Crippen molar-refractivity contribution in [1.29, 1.82) is 0 Å². The molecule has 1 amide bonds. The second-order valence-corrected chi connectivity index (χ2v) is 6.97. The zero-order chi connectivity index (χ0) is 20.4. The maximum Gasteiger partial charge on any atom is 0.322 e. The molecule has 0 saturated carbocycles. The third-order valence-electron chi connectivity index (χ3n) is 4.38. The number of benzene rings is 2. The van der Waals surface area contributed by atoms with Crippen molar-refractivity contribution >= 4 is 23.5 Å². The number of anilines is 1. The van der Waals surface area contributed by atoms with Gasteiger partial charge in [0, 0.05) is 5.56 Å². The van der Waals surface area contributed by atoms with Gasteiger partial charge in [-0.1, -0.05) is 69.9 Å². The van der Waals surface area contributed by atoms with E-state index in [-0.39, 0.29) is 11.6 Å². The number of rotatable bonds is 5. The Kier molecular flexibility index (Phi) is 5.14. The summed E-state index contributed by atoms with van der Waals surface area (Å²) >= 11 is 6.24. The summed E-state index contributed by atoms with van der Waals surface area (Å²) in [6.45, 7) is 3.67. The fourth-order valence-corrected chi connectivity index (χ4v) is 3.12. The van der Waals surface area contributed by atoms with Crippen LogP contribution in [0.3, 0.4) is 0 Å². The molecule has 8 heteroatoms. The van der Waals surface area contributed by atoms with Crippen LogP contribution < -0.4 is 5.32 Å². The van der Waals surface area contributed by atoms with E-state index in [9.17, 15) is 4.79 Å². The summed E-state index contributed by atoms with van der Waals surface area (Å²) in [6, 6.07) is 15.1. The Labute approximate surface area is 171 Å². The van der Waals surface area contributed by atoms with Crippen molar-refractivity contribution in [3.63, 3.8) is 0 Å². The number of carbonyl (C=O) groups excluding carboxylic acids is 1. The molecule has 4 rings (SSSR count). The highest BCUT2D eigenvalue weighted by molar-refractivity contribution is 6.33. The minimum atomic E-state index is -0.468. The Morgan fingerprint density at radius 2 is 1.83 bits per heavy atom. The number of halogens is 1. The summed E-state index contributed by atoms with van der Waals surface area (Å²) in [7, 11) is 0. The van der Waals surface area contributed by atoms with Crippen LogP contribution in [0, 0.1) is 13.8 Å². The maximum atomic E-state index is 12.8. The second kappa shape index (κ2) is 7.89. The fraction of sp³-hybridized carbons (Fsp3) is 0.143. The Balaban J connectivity index is 1.54. The molecule has 2 heterocycles. The molecule has 0 bridgehead atoms. The van der Waals surface area contributed by atoms with Crippen LogP contribution in [-0.4, -0.2) is 21.3 Å². The summed E-state index contributed by atoms with van der Waals surface area (Å²) in [5, 5.41) is 15.0. The smallest absolute Gasteiger partial charge is 0.322 e. The van der Waals surface area contributed by atoms with Gasteiger partial charge in [0.25, 0.3) is 5.91 Å². The normalized spacial score (nSPS) is 10.9. The van der Waals surface area contributed by atoms with Gasteiger partial charge in [-0.2, -0.15) is 0 Å². The number of hydrogen-bond donors (Lipinski definition) is 1. The number of aromatic nitrogens is 3. The molecule has 146 valence electrons. The van der Waals surface area contributed by atoms with Crippen LogP contribution in [-0.2, 0) is 6.42 Å². The second-order valence-electron chi connectivity index (χ2n) is 6.56. The van der Waals surface area contributed by atoms with Crippen molar-refractivity contribution in [2.75, 3.05) is 5.32 Å². The number of aryl methyl sites for hydroxylation is 2. The van der Waals surface area contributed by atoms with E-state index in [1.807, 2.05) is 37.3 Å². The molecule has 0 aliphatic heterocycles. The van der Waals surface area contributed by atoms with E-state index in [4.69, 9.17) is 20.5 Å². The predicted molar refractivity (Wildman–Crippen MR) is 108 cm³/mol. The van der Waals surface area contributed by atoms with Crippen LogP contribution in [0.25, 0.3) is 11.3 Å². The van der Waals surface area contributed by atoms with Crippen LogP contribution in [0.2, 0.25) is 5.02 Å². The number of carbonyl (C=O) groups is 1. The van der Waals surface area contributed by atoms with E-state index in [0.717, 1.165) is 5.56 Å². The van der Waals surface area contributed by atoms with Gasteiger partial charge in [-0.3, -0.25) is 10.1 Å². The Bertz CT molecular complexity index is 1160. The standard InChI is InChI=1S/C21H17ClN4O3/c1-12-7-9-14(10-8-12)11-17-24-25-21(28-17)23-20(27)18-13(2)29-26-19(18)15-5-3-4-6-16(15)22/h3-10H,11H2,1-2H3,(H,23,25,27). The van der Waals surface area contributed by atoms with Crippen LogP contribution in [0.15, 0.2) is 57.5 Å². The quantitative estimate of drug-likeness (QED) is 0.507. The predicted octanol–water partition coefficient (Wildman–Crippen LogP) is 4.84. The topological polar surface area (TPSA) is 94.1 Å². The molecule has 0 spiro atoms. The molecular weight excluding hydrogens is 392 g/mol. The van der Waals surface area contributed by atoms with Crippen LogP contribution in [0.1, 0.15) is 33.1 Å². The summed E-state index contributed by atoms with van der Waals surface area (Å²) in [4.78, 5) is 12.8. The van der Waals surface area contributed by atoms with Gasteiger partial charge in [0.2, 0.25) is 5.89 Å². The molecule has 1 N–H and O–H groups in total. The van der Waals surface area contributed by atoms with Gasteiger partial charge < -0.3 is 8.94 Å². The SMILES string of the molecule is Cc1ccc(Cc2nnc(NC(=O)c3c(-c4ccccc4Cl)noc3C)o2)cc1. The monoisotopic (exact) mass is 408 g/mol.